The molecule has 1 aromatic heterocycles. The van der Waals surface area contributed by atoms with Crippen LogP contribution in [0, 0.1) is 0 Å². The Morgan fingerprint density at radius 2 is 1.84 bits per heavy atom. The van der Waals surface area contributed by atoms with E-state index < -0.39 is 0 Å². The van der Waals surface area contributed by atoms with Crippen molar-refractivity contribution in [2.24, 2.45) is 0 Å². The van der Waals surface area contributed by atoms with Crippen LogP contribution in [0.3, 0.4) is 0 Å². The van der Waals surface area contributed by atoms with Crippen LogP contribution in [-0.4, -0.2) is 0 Å². The average molecular weight is 352 g/mol. The maximum absolute atomic E-state index is 6.14. The minimum Gasteiger partial charge on any atom is -0.135 e. The van der Waals surface area contributed by atoms with E-state index in [1.165, 1.54) is 26.1 Å². The van der Waals surface area contributed by atoms with E-state index in [0.717, 1.165) is 5.02 Å². The van der Waals surface area contributed by atoms with Crippen LogP contribution in [0.25, 0.3) is 20.5 Å². The van der Waals surface area contributed by atoms with Gasteiger partial charge >= 0.3 is 0 Å². The molecule has 0 aliphatic rings. The average Bonchev–Trinajstić information content (AvgIpc) is 2.78. The van der Waals surface area contributed by atoms with Crippen molar-refractivity contribution < 1.29 is 0 Å². The molecule has 3 rings (SSSR count). The van der Waals surface area contributed by atoms with E-state index in [0.29, 0.717) is 4.83 Å². The number of hydrogen-bond acceptors (Lipinski definition) is 1. The Bertz CT molecular complexity index is 716. The predicted molar refractivity (Wildman–Crippen MR) is 89.6 cm³/mol. The molecule has 96 valence electrons. The van der Waals surface area contributed by atoms with Crippen molar-refractivity contribution in [2.75, 3.05) is 0 Å². The molecule has 19 heavy (non-hydrogen) atoms. The molecule has 1 atom stereocenters. The molecule has 0 aliphatic heterocycles. The van der Waals surface area contributed by atoms with Crippen LogP contribution in [0.15, 0.2) is 48.5 Å². The van der Waals surface area contributed by atoms with Gasteiger partial charge in [0.1, 0.15) is 0 Å². The molecule has 0 nitrogen and oxygen atoms in total. The summed E-state index contributed by atoms with van der Waals surface area (Å²) < 4.78 is 1.28. The molecule has 3 heteroatoms. The molecule has 0 fully saturated rings. The van der Waals surface area contributed by atoms with Gasteiger partial charge in [-0.3, -0.25) is 0 Å². The van der Waals surface area contributed by atoms with Crippen LogP contribution in [0.4, 0.5) is 0 Å². The van der Waals surface area contributed by atoms with Crippen LogP contribution >= 0.6 is 38.9 Å². The van der Waals surface area contributed by atoms with Gasteiger partial charge in [-0.25, -0.2) is 0 Å². The van der Waals surface area contributed by atoms with Crippen LogP contribution in [0.5, 0.6) is 0 Å². The fourth-order valence-corrected chi connectivity index (χ4v) is 4.37. The largest absolute Gasteiger partial charge is 0.135 e. The van der Waals surface area contributed by atoms with E-state index in [9.17, 15) is 0 Å². The molecule has 2 aromatic carbocycles. The zero-order chi connectivity index (χ0) is 13.4. The Balaban J connectivity index is 2.33. The molecule has 0 saturated carbocycles. The molecule has 0 aliphatic carbocycles. The Kier molecular flexibility index (Phi) is 3.66. The molecule has 0 radical (unpaired) electrons. The summed E-state index contributed by atoms with van der Waals surface area (Å²) in [5, 5.41) is 2.04. The maximum atomic E-state index is 6.14. The van der Waals surface area contributed by atoms with Crippen molar-refractivity contribution in [3.8, 4) is 10.4 Å². The highest BCUT2D eigenvalue weighted by atomic mass is 79.9. The van der Waals surface area contributed by atoms with Crippen molar-refractivity contribution in [1.29, 1.82) is 0 Å². The van der Waals surface area contributed by atoms with Crippen LogP contribution < -0.4 is 0 Å². The second-order valence-electron chi connectivity index (χ2n) is 4.47. The van der Waals surface area contributed by atoms with E-state index in [4.69, 9.17) is 11.6 Å². The minimum absolute atomic E-state index is 0.301. The highest BCUT2D eigenvalue weighted by molar-refractivity contribution is 9.09. The Hall–Kier alpha value is -0.830. The van der Waals surface area contributed by atoms with Gasteiger partial charge in [0.05, 0.1) is 0 Å². The van der Waals surface area contributed by atoms with Crippen molar-refractivity contribution in [1.82, 2.24) is 0 Å². The van der Waals surface area contributed by atoms with E-state index in [2.05, 4.69) is 59.3 Å². The highest BCUT2D eigenvalue weighted by Crippen LogP contribution is 2.44. The van der Waals surface area contributed by atoms with Gasteiger partial charge in [0.25, 0.3) is 0 Å². The third-order valence-corrected chi connectivity index (χ3v) is 5.05. The van der Waals surface area contributed by atoms with E-state index >= 15 is 0 Å². The van der Waals surface area contributed by atoms with E-state index in [1.807, 2.05) is 23.5 Å². The van der Waals surface area contributed by atoms with Crippen LogP contribution in [0.1, 0.15) is 17.3 Å². The van der Waals surface area contributed by atoms with E-state index in [-0.39, 0.29) is 0 Å². The monoisotopic (exact) mass is 350 g/mol. The smallest absolute Gasteiger partial charge is 0.0413 e. The third-order valence-electron chi connectivity index (χ3n) is 3.12. The Labute approximate surface area is 130 Å². The van der Waals surface area contributed by atoms with Crippen LogP contribution in [0.2, 0.25) is 5.02 Å². The predicted octanol–water partition coefficient (Wildman–Crippen LogP) is 6.68. The first-order chi connectivity index (χ1) is 9.16. The molecular weight excluding hydrogens is 340 g/mol. The fraction of sp³-hybridized carbons (Fsp3) is 0.125. The summed E-state index contributed by atoms with van der Waals surface area (Å²) in [5.41, 5.74) is 2.59. The topological polar surface area (TPSA) is 0 Å². The normalized spacial score (nSPS) is 12.8. The fourth-order valence-electron chi connectivity index (χ4n) is 2.29. The van der Waals surface area contributed by atoms with Crippen molar-refractivity contribution in [3.05, 3.63) is 59.1 Å². The lowest BCUT2D eigenvalue weighted by Crippen LogP contribution is -1.85. The molecule has 0 bridgehead atoms. The number of halogens is 2. The summed E-state index contributed by atoms with van der Waals surface area (Å²) in [6.45, 7) is 2.16. The molecular formula is C16H12BrClS. The first-order valence-corrected chi connectivity index (χ1v) is 8.19. The third kappa shape index (κ3) is 2.45. The molecule has 0 saturated heterocycles. The lowest BCUT2D eigenvalue weighted by atomic mass is 10.0. The lowest BCUT2D eigenvalue weighted by Gasteiger charge is -2.07. The van der Waals surface area contributed by atoms with Gasteiger partial charge in [0.2, 0.25) is 0 Å². The second-order valence-corrected chi connectivity index (χ2v) is 7.33. The van der Waals surface area contributed by atoms with Crippen molar-refractivity contribution in [2.45, 2.75) is 11.8 Å². The SMILES string of the molecule is CC(Br)c1c(-c2ccccc2)sc2ccc(Cl)cc12. The summed E-state index contributed by atoms with van der Waals surface area (Å²) in [7, 11) is 0. The standard InChI is InChI=1S/C16H12BrClS/c1-10(17)15-13-9-12(18)7-8-14(13)19-16(15)11-5-3-2-4-6-11/h2-10H,1H3. The summed E-state index contributed by atoms with van der Waals surface area (Å²) in [5.74, 6) is 0. The number of hydrogen-bond donors (Lipinski definition) is 0. The second kappa shape index (κ2) is 5.28. The molecule has 0 amide bonds. The van der Waals surface area contributed by atoms with Gasteiger partial charge in [-0.1, -0.05) is 57.9 Å². The summed E-state index contributed by atoms with van der Waals surface area (Å²) in [6, 6.07) is 16.6. The number of thiophene rings is 1. The summed E-state index contributed by atoms with van der Waals surface area (Å²) in [6.07, 6.45) is 0. The van der Waals surface area contributed by atoms with Crippen molar-refractivity contribution in [3.63, 3.8) is 0 Å². The molecule has 0 spiro atoms. The van der Waals surface area contributed by atoms with Crippen LogP contribution in [-0.2, 0) is 0 Å². The molecule has 1 unspecified atom stereocenters. The number of alkyl halides is 1. The lowest BCUT2D eigenvalue weighted by molar-refractivity contribution is 1.15. The number of benzene rings is 2. The maximum Gasteiger partial charge on any atom is 0.0413 e. The van der Waals surface area contributed by atoms with E-state index in [1.54, 1.807) is 0 Å². The van der Waals surface area contributed by atoms with Crippen molar-refractivity contribution >= 4 is 49.0 Å². The minimum atomic E-state index is 0.301. The zero-order valence-electron chi connectivity index (χ0n) is 10.4. The molecule has 1 heterocycles. The van der Waals surface area contributed by atoms with Gasteiger partial charge in [-0.05, 0) is 41.6 Å². The highest BCUT2D eigenvalue weighted by Gasteiger charge is 2.17. The first-order valence-electron chi connectivity index (χ1n) is 6.08. The number of fused-ring (bicyclic) bond motifs is 1. The van der Waals surface area contributed by atoms with Gasteiger partial charge in [0, 0.05) is 19.4 Å². The van der Waals surface area contributed by atoms with Gasteiger partial charge in [0.15, 0.2) is 0 Å². The molecule has 0 N–H and O–H groups in total. The van der Waals surface area contributed by atoms with Gasteiger partial charge in [-0.2, -0.15) is 0 Å². The summed E-state index contributed by atoms with van der Waals surface area (Å²) >= 11 is 11.7. The first kappa shape index (κ1) is 13.2. The number of rotatable bonds is 2. The van der Waals surface area contributed by atoms with Gasteiger partial charge in [-0.15, -0.1) is 11.3 Å². The zero-order valence-corrected chi connectivity index (χ0v) is 13.5. The Morgan fingerprint density at radius 1 is 1.11 bits per heavy atom. The quantitative estimate of drug-likeness (QED) is 0.452. The van der Waals surface area contributed by atoms with Gasteiger partial charge < -0.3 is 0 Å². The molecule has 3 aromatic rings. The Morgan fingerprint density at radius 3 is 2.53 bits per heavy atom. The summed E-state index contributed by atoms with van der Waals surface area (Å²) in [4.78, 5) is 1.62.